The van der Waals surface area contributed by atoms with Crippen LogP contribution in [-0.2, 0) is 9.53 Å². The van der Waals surface area contributed by atoms with Crippen molar-refractivity contribution in [2.24, 2.45) is 0 Å². The number of nitrogens with one attached hydrogen (secondary N) is 2. The summed E-state index contributed by atoms with van der Waals surface area (Å²) in [6, 6.07) is 3.76. The number of anilines is 2. The Hall–Kier alpha value is -1.11. The number of rotatable bonds is 6. The van der Waals surface area contributed by atoms with Crippen LogP contribution < -0.4 is 15.5 Å². The zero-order valence-corrected chi connectivity index (χ0v) is 13.6. The van der Waals surface area contributed by atoms with Crippen molar-refractivity contribution in [2.45, 2.75) is 12.5 Å². The third-order valence-corrected chi connectivity index (χ3v) is 4.13. The van der Waals surface area contributed by atoms with E-state index in [4.69, 9.17) is 4.74 Å². The summed E-state index contributed by atoms with van der Waals surface area (Å²) >= 11 is 3.60. The van der Waals surface area contributed by atoms with Gasteiger partial charge in [-0.1, -0.05) is 0 Å². The minimum atomic E-state index is -0.269. The van der Waals surface area contributed by atoms with Crippen molar-refractivity contribution in [1.29, 1.82) is 0 Å². The van der Waals surface area contributed by atoms with Gasteiger partial charge in [0.15, 0.2) is 0 Å². The van der Waals surface area contributed by atoms with E-state index in [9.17, 15) is 4.79 Å². The van der Waals surface area contributed by atoms with Crippen molar-refractivity contribution in [3.63, 3.8) is 0 Å². The summed E-state index contributed by atoms with van der Waals surface area (Å²) in [6.45, 7) is 1.64. The predicted molar refractivity (Wildman–Crippen MR) is 84.3 cm³/mol. The van der Waals surface area contributed by atoms with Crippen molar-refractivity contribution >= 4 is 33.2 Å². The minimum Gasteiger partial charge on any atom is -0.385 e. The van der Waals surface area contributed by atoms with E-state index in [1.54, 1.807) is 14.2 Å². The molecular weight excluding hydrogens is 322 g/mol. The number of methoxy groups -OCH3 is 1. The van der Waals surface area contributed by atoms with E-state index >= 15 is 0 Å². The van der Waals surface area contributed by atoms with E-state index in [1.165, 1.54) is 0 Å². The molecule has 0 saturated heterocycles. The molecule has 0 radical (unpaired) electrons. The lowest BCUT2D eigenvalue weighted by Gasteiger charge is -2.22. The molecule has 1 amide bonds. The van der Waals surface area contributed by atoms with Gasteiger partial charge < -0.3 is 20.3 Å². The molecule has 110 valence electrons. The molecule has 0 aromatic heterocycles. The second kappa shape index (κ2) is 6.56. The summed E-state index contributed by atoms with van der Waals surface area (Å²) in [7, 11) is 5.53. The van der Waals surface area contributed by atoms with Gasteiger partial charge >= 0.3 is 0 Å². The van der Waals surface area contributed by atoms with E-state index in [1.807, 2.05) is 19.2 Å². The first-order valence-corrected chi connectivity index (χ1v) is 7.39. The molecule has 0 spiro atoms. The molecule has 0 saturated carbocycles. The van der Waals surface area contributed by atoms with Gasteiger partial charge in [-0.25, -0.2) is 0 Å². The highest BCUT2D eigenvalue weighted by molar-refractivity contribution is 9.10. The van der Waals surface area contributed by atoms with Crippen LogP contribution in [-0.4, -0.2) is 40.3 Å². The summed E-state index contributed by atoms with van der Waals surface area (Å²) < 4.78 is 6.06. The second-order valence-electron chi connectivity index (χ2n) is 4.87. The lowest BCUT2D eigenvalue weighted by Crippen LogP contribution is -2.23. The topological polar surface area (TPSA) is 53.6 Å². The van der Waals surface area contributed by atoms with E-state index in [0.29, 0.717) is 0 Å². The van der Waals surface area contributed by atoms with Crippen LogP contribution in [0.2, 0.25) is 0 Å². The highest BCUT2D eigenvalue weighted by Crippen LogP contribution is 2.38. The van der Waals surface area contributed by atoms with Gasteiger partial charge in [0, 0.05) is 43.0 Å². The number of likely N-dealkylation sites (N-methyl/N-ethyl adjacent to an activating group) is 1. The van der Waals surface area contributed by atoms with E-state index in [-0.39, 0.29) is 11.9 Å². The number of carbonyl (C=O) groups is 1. The number of benzene rings is 1. The number of hydrogen-bond donors (Lipinski definition) is 2. The average Bonchev–Trinajstić information content (AvgIpc) is 2.72. The van der Waals surface area contributed by atoms with Crippen LogP contribution in [0, 0.1) is 0 Å². The molecule has 1 unspecified atom stereocenters. The molecule has 6 heteroatoms. The predicted octanol–water partition coefficient (Wildman–Crippen LogP) is 2.13. The zero-order valence-electron chi connectivity index (χ0n) is 12.0. The molecule has 20 heavy (non-hydrogen) atoms. The van der Waals surface area contributed by atoms with Crippen LogP contribution >= 0.6 is 15.9 Å². The van der Waals surface area contributed by atoms with Crippen LogP contribution in [0.5, 0.6) is 0 Å². The highest BCUT2D eigenvalue weighted by Gasteiger charge is 2.30. The summed E-state index contributed by atoms with van der Waals surface area (Å²) in [5.74, 6) is -0.00594. The summed E-state index contributed by atoms with van der Waals surface area (Å²) in [4.78, 5) is 14.0. The Balaban J connectivity index is 2.21. The van der Waals surface area contributed by atoms with Gasteiger partial charge in [0.05, 0.1) is 5.69 Å². The van der Waals surface area contributed by atoms with Crippen molar-refractivity contribution < 1.29 is 9.53 Å². The first-order valence-electron chi connectivity index (χ1n) is 6.60. The van der Waals surface area contributed by atoms with E-state index in [0.717, 1.165) is 41.0 Å². The molecule has 2 N–H and O–H groups in total. The van der Waals surface area contributed by atoms with E-state index < -0.39 is 0 Å². The first kappa shape index (κ1) is 15.3. The highest BCUT2D eigenvalue weighted by atomic mass is 79.9. The molecule has 1 aromatic rings. The monoisotopic (exact) mass is 341 g/mol. The van der Waals surface area contributed by atoms with E-state index in [2.05, 4.69) is 31.5 Å². The van der Waals surface area contributed by atoms with Crippen molar-refractivity contribution in [1.82, 2.24) is 5.32 Å². The van der Waals surface area contributed by atoms with Crippen LogP contribution in [0.1, 0.15) is 18.0 Å². The summed E-state index contributed by atoms with van der Waals surface area (Å²) in [6.07, 6.45) is 0.960. The Labute approximate surface area is 127 Å². The molecule has 1 heterocycles. The molecule has 2 rings (SSSR count). The summed E-state index contributed by atoms with van der Waals surface area (Å²) in [5, 5.41) is 5.94. The second-order valence-corrected chi connectivity index (χ2v) is 5.72. The van der Waals surface area contributed by atoms with Gasteiger partial charge in [-0.2, -0.15) is 0 Å². The fraction of sp³-hybridized carbons (Fsp3) is 0.500. The third kappa shape index (κ3) is 2.97. The van der Waals surface area contributed by atoms with Gasteiger partial charge in [0.1, 0.15) is 6.04 Å². The fourth-order valence-electron chi connectivity index (χ4n) is 2.42. The maximum Gasteiger partial charge on any atom is 0.246 e. The lowest BCUT2D eigenvalue weighted by atomic mass is 10.1. The number of hydrogen-bond acceptors (Lipinski definition) is 4. The number of halogens is 1. The van der Waals surface area contributed by atoms with Crippen LogP contribution in [0.25, 0.3) is 0 Å². The number of carbonyl (C=O) groups excluding carboxylic acids is 1. The SMILES string of the molecule is CNC1C(=O)Nc2cc(N(C)CCCOC)c(Br)cc21. The normalized spacial score (nSPS) is 17.0. The van der Waals surface area contributed by atoms with Gasteiger partial charge in [0.2, 0.25) is 5.91 Å². The fourth-order valence-corrected chi connectivity index (χ4v) is 3.08. The quantitative estimate of drug-likeness (QED) is 0.778. The van der Waals surface area contributed by atoms with Crippen LogP contribution in [0.3, 0.4) is 0 Å². The first-order chi connectivity index (χ1) is 9.58. The Kier molecular flexibility index (Phi) is 5.01. The maximum atomic E-state index is 11.8. The number of ether oxygens (including phenoxy) is 1. The standard InChI is InChI=1S/C14H20BrN3O2/c1-16-13-9-7-10(15)12(8-11(9)17-14(13)19)18(2)5-4-6-20-3/h7-8,13,16H,4-6H2,1-3H3,(H,17,19). The molecule has 1 aromatic carbocycles. The van der Waals surface area contributed by atoms with Crippen molar-refractivity contribution in [3.8, 4) is 0 Å². The molecule has 0 bridgehead atoms. The molecule has 1 aliphatic heterocycles. The number of fused-ring (bicyclic) bond motifs is 1. The average molecular weight is 342 g/mol. The summed E-state index contributed by atoms with van der Waals surface area (Å²) in [5.41, 5.74) is 2.93. The van der Waals surface area contributed by atoms with Gasteiger partial charge in [0.25, 0.3) is 0 Å². The van der Waals surface area contributed by atoms with Crippen LogP contribution in [0.4, 0.5) is 11.4 Å². The van der Waals surface area contributed by atoms with Crippen molar-refractivity contribution in [3.05, 3.63) is 22.2 Å². The molecule has 0 aliphatic carbocycles. The zero-order chi connectivity index (χ0) is 14.7. The number of nitrogens with zero attached hydrogens (tertiary/aromatic N) is 1. The lowest BCUT2D eigenvalue weighted by molar-refractivity contribution is -0.117. The Morgan fingerprint density at radius 2 is 2.25 bits per heavy atom. The molecule has 0 fully saturated rings. The Morgan fingerprint density at radius 3 is 2.90 bits per heavy atom. The van der Waals surface area contributed by atoms with Crippen LogP contribution in [0.15, 0.2) is 16.6 Å². The maximum absolute atomic E-state index is 11.8. The third-order valence-electron chi connectivity index (χ3n) is 3.49. The molecular formula is C14H20BrN3O2. The largest absolute Gasteiger partial charge is 0.385 e. The minimum absolute atomic E-state index is 0.00594. The Morgan fingerprint density at radius 1 is 1.50 bits per heavy atom. The Bertz CT molecular complexity index is 507. The van der Waals surface area contributed by atoms with Gasteiger partial charge in [-0.05, 0) is 41.5 Å². The molecule has 1 atom stereocenters. The van der Waals surface area contributed by atoms with Crippen molar-refractivity contribution in [2.75, 3.05) is 44.6 Å². The smallest absolute Gasteiger partial charge is 0.246 e. The van der Waals surface area contributed by atoms with Gasteiger partial charge in [-0.15, -0.1) is 0 Å². The molecule has 1 aliphatic rings. The number of amides is 1. The van der Waals surface area contributed by atoms with Gasteiger partial charge in [-0.3, -0.25) is 4.79 Å². The molecule has 5 nitrogen and oxygen atoms in total.